The summed E-state index contributed by atoms with van der Waals surface area (Å²) in [7, 11) is 0. The quantitative estimate of drug-likeness (QED) is 0.808. The molecule has 1 aromatic carbocycles. The van der Waals surface area contributed by atoms with Crippen LogP contribution in [-0.4, -0.2) is 8.75 Å². The van der Waals surface area contributed by atoms with Crippen LogP contribution in [0.15, 0.2) is 18.2 Å². The van der Waals surface area contributed by atoms with Gasteiger partial charge in [-0.15, -0.1) is 4.37 Å². The SMILES string of the molecule is Cc1ccc(C(C)(C)C)c(Oc2nsnc2Cl)c1. The van der Waals surface area contributed by atoms with Crippen molar-refractivity contribution in [3.8, 4) is 11.6 Å². The largest absolute Gasteiger partial charge is 0.435 e. The van der Waals surface area contributed by atoms with Crippen LogP contribution in [0.5, 0.6) is 11.6 Å². The van der Waals surface area contributed by atoms with Gasteiger partial charge in [0.15, 0.2) is 0 Å². The van der Waals surface area contributed by atoms with Crippen LogP contribution in [0.3, 0.4) is 0 Å². The second kappa shape index (κ2) is 4.86. The van der Waals surface area contributed by atoms with Crippen molar-refractivity contribution in [3.63, 3.8) is 0 Å². The zero-order valence-corrected chi connectivity index (χ0v) is 12.4. The number of rotatable bonds is 2. The molecule has 0 fully saturated rings. The van der Waals surface area contributed by atoms with Gasteiger partial charge in [-0.25, -0.2) is 0 Å². The minimum absolute atomic E-state index is 0.00103. The number of halogens is 1. The maximum atomic E-state index is 5.91. The average Bonchev–Trinajstić information content (AvgIpc) is 2.62. The summed E-state index contributed by atoms with van der Waals surface area (Å²) in [4.78, 5) is 0. The first kappa shape index (κ1) is 13.3. The summed E-state index contributed by atoms with van der Waals surface area (Å²) in [6.07, 6.45) is 0. The predicted molar refractivity (Wildman–Crippen MR) is 74.9 cm³/mol. The molecule has 3 nitrogen and oxygen atoms in total. The van der Waals surface area contributed by atoms with E-state index >= 15 is 0 Å². The summed E-state index contributed by atoms with van der Waals surface area (Å²) in [6, 6.07) is 6.16. The minimum atomic E-state index is -0.00103. The van der Waals surface area contributed by atoms with Crippen molar-refractivity contribution >= 4 is 23.3 Å². The molecule has 5 heteroatoms. The van der Waals surface area contributed by atoms with Crippen LogP contribution in [-0.2, 0) is 5.41 Å². The van der Waals surface area contributed by atoms with E-state index in [1.54, 1.807) is 0 Å². The molecular weight excluding hydrogens is 268 g/mol. The van der Waals surface area contributed by atoms with Gasteiger partial charge in [-0.2, -0.15) is 4.37 Å². The van der Waals surface area contributed by atoms with Crippen molar-refractivity contribution in [2.75, 3.05) is 0 Å². The third-order valence-electron chi connectivity index (χ3n) is 2.57. The van der Waals surface area contributed by atoms with Gasteiger partial charge >= 0.3 is 0 Å². The molecule has 0 saturated carbocycles. The van der Waals surface area contributed by atoms with E-state index in [0.29, 0.717) is 11.0 Å². The molecule has 0 N–H and O–H groups in total. The molecule has 18 heavy (non-hydrogen) atoms. The Morgan fingerprint density at radius 3 is 2.50 bits per heavy atom. The first-order valence-corrected chi connectivity index (χ1v) is 6.76. The zero-order valence-electron chi connectivity index (χ0n) is 10.8. The maximum absolute atomic E-state index is 5.91. The highest BCUT2D eigenvalue weighted by Gasteiger charge is 2.20. The highest BCUT2D eigenvalue weighted by Crippen LogP contribution is 2.36. The van der Waals surface area contributed by atoms with Crippen LogP contribution in [0.1, 0.15) is 31.9 Å². The van der Waals surface area contributed by atoms with Gasteiger partial charge in [-0.3, -0.25) is 0 Å². The molecule has 0 radical (unpaired) electrons. The van der Waals surface area contributed by atoms with Crippen LogP contribution >= 0.6 is 23.3 Å². The molecule has 0 atom stereocenters. The molecule has 2 aromatic rings. The van der Waals surface area contributed by atoms with Gasteiger partial charge in [0.2, 0.25) is 5.15 Å². The van der Waals surface area contributed by atoms with E-state index < -0.39 is 0 Å². The van der Waals surface area contributed by atoms with Gasteiger partial charge in [0.05, 0.1) is 11.7 Å². The highest BCUT2D eigenvalue weighted by molar-refractivity contribution is 6.99. The molecular formula is C13H15ClN2OS. The van der Waals surface area contributed by atoms with E-state index in [2.05, 4.69) is 41.7 Å². The molecule has 96 valence electrons. The second-order valence-electron chi connectivity index (χ2n) is 5.21. The van der Waals surface area contributed by atoms with Crippen molar-refractivity contribution in [3.05, 3.63) is 34.5 Å². The fourth-order valence-electron chi connectivity index (χ4n) is 1.67. The van der Waals surface area contributed by atoms with Gasteiger partial charge in [-0.05, 0) is 24.0 Å². The standard InChI is InChI=1S/C13H15ClN2OS/c1-8-5-6-9(13(2,3)4)10(7-8)17-12-11(14)15-18-16-12/h5-7H,1-4H3. The van der Waals surface area contributed by atoms with E-state index in [9.17, 15) is 0 Å². The molecule has 0 amide bonds. The molecule has 0 unspecified atom stereocenters. The fraction of sp³-hybridized carbons (Fsp3) is 0.385. The van der Waals surface area contributed by atoms with E-state index in [1.165, 1.54) is 0 Å². The van der Waals surface area contributed by atoms with Gasteiger partial charge in [0, 0.05) is 5.56 Å². The first-order chi connectivity index (χ1) is 8.38. The van der Waals surface area contributed by atoms with Crippen molar-refractivity contribution in [2.45, 2.75) is 33.1 Å². The van der Waals surface area contributed by atoms with Crippen molar-refractivity contribution < 1.29 is 4.74 Å². The molecule has 1 aromatic heterocycles. The number of hydrogen-bond acceptors (Lipinski definition) is 4. The molecule has 0 spiro atoms. The maximum Gasteiger partial charge on any atom is 0.270 e. The van der Waals surface area contributed by atoms with Gasteiger partial charge in [0.1, 0.15) is 5.75 Å². The van der Waals surface area contributed by atoms with E-state index in [0.717, 1.165) is 28.6 Å². The Kier molecular flexibility index (Phi) is 3.59. The number of aryl methyl sites for hydroxylation is 1. The summed E-state index contributed by atoms with van der Waals surface area (Å²) < 4.78 is 13.7. The third kappa shape index (κ3) is 2.82. The molecule has 0 aliphatic carbocycles. The lowest BCUT2D eigenvalue weighted by Gasteiger charge is -2.22. The van der Waals surface area contributed by atoms with Crippen LogP contribution in [0, 0.1) is 6.92 Å². The van der Waals surface area contributed by atoms with Crippen molar-refractivity contribution in [1.82, 2.24) is 8.75 Å². The number of benzene rings is 1. The van der Waals surface area contributed by atoms with E-state index in [4.69, 9.17) is 16.3 Å². The first-order valence-electron chi connectivity index (χ1n) is 5.65. The topological polar surface area (TPSA) is 35.0 Å². The Labute approximate surface area is 116 Å². The number of aromatic nitrogens is 2. The number of hydrogen-bond donors (Lipinski definition) is 0. The van der Waals surface area contributed by atoms with E-state index in [-0.39, 0.29) is 5.41 Å². The molecule has 0 saturated heterocycles. The Balaban J connectivity index is 2.43. The lowest BCUT2D eigenvalue weighted by atomic mass is 9.86. The second-order valence-corrected chi connectivity index (χ2v) is 6.10. The summed E-state index contributed by atoms with van der Waals surface area (Å²) in [5.41, 5.74) is 2.26. The minimum Gasteiger partial charge on any atom is -0.435 e. The Bertz CT molecular complexity index is 560. The van der Waals surface area contributed by atoms with Crippen LogP contribution in [0.25, 0.3) is 0 Å². The van der Waals surface area contributed by atoms with Gasteiger partial charge < -0.3 is 4.74 Å². The van der Waals surface area contributed by atoms with Gasteiger partial charge in [0.25, 0.3) is 5.88 Å². The Morgan fingerprint density at radius 1 is 1.22 bits per heavy atom. The predicted octanol–water partition coefficient (Wildman–Crippen LogP) is 4.59. The normalized spacial score (nSPS) is 11.6. The average molecular weight is 283 g/mol. The van der Waals surface area contributed by atoms with Gasteiger partial charge in [-0.1, -0.05) is 44.5 Å². The monoisotopic (exact) mass is 282 g/mol. The fourth-order valence-corrected chi connectivity index (χ4v) is 2.28. The van der Waals surface area contributed by atoms with Crippen LogP contribution < -0.4 is 4.74 Å². The molecule has 1 heterocycles. The lowest BCUT2D eigenvalue weighted by Crippen LogP contribution is -2.12. The van der Waals surface area contributed by atoms with Crippen LogP contribution in [0.4, 0.5) is 0 Å². The third-order valence-corrected chi connectivity index (χ3v) is 3.43. The Hall–Kier alpha value is -1.13. The zero-order chi connectivity index (χ0) is 13.3. The molecule has 0 aliphatic rings. The summed E-state index contributed by atoms with van der Waals surface area (Å²) in [6.45, 7) is 8.46. The molecule has 0 aliphatic heterocycles. The van der Waals surface area contributed by atoms with Crippen LogP contribution in [0.2, 0.25) is 5.15 Å². The number of ether oxygens (including phenoxy) is 1. The highest BCUT2D eigenvalue weighted by atomic mass is 35.5. The van der Waals surface area contributed by atoms with Crippen molar-refractivity contribution in [2.24, 2.45) is 0 Å². The lowest BCUT2D eigenvalue weighted by molar-refractivity contribution is 0.443. The smallest absolute Gasteiger partial charge is 0.270 e. The summed E-state index contributed by atoms with van der Waals surface area (Å²) in [5.74, 6) is 1.16. The Morgan fingerprint density at radius 2 is 1.94 bits per heavy atom. The van der Waals surface area contributed by atoms with Crippen molar-refractivity contribution in [1.29, 1.82) is 0 Å². The molecule has 2 rings (SSSR count). The summed E-state index contributed by atoms with van der Waals surface area (Å²) >= 11 is 6.95. The molecule has 0 bridgehead atoms. The summed E-state index contributed by atoms with van der Waals surface area (Å²) in [5, 5.41) is 0.307. The number of nitrogens with zero attached hydrogens (tertiary/aromatic N) is 2. The van der Waals surface area contributed by atoms with E-state index in [1.807, 2.05) is 13.0 Å².